The Kier molecular flexibility index (Phi) is 10.5. The highest BCUT2D eigenvalue weighted by molar-refractivity contribution is 7.16. The summed E-state index contributed by atoms with van der Waals surface area (Å²) >= 11 is 8.15. The van der Waals surface area contributed by atoms with E-state index in [4.69, 9.17) is 37.6 Å². The van der Waals surface area contributed by atoms with Crippen molar-refractivity contribution < 1.29 is 28.6 Å². The zero-order valence-corrected chi connectivity index (χ0v) is 25.5. The molecule has 0 saturated heterocycles. The smallest absolute Gasteiger partial charge is 0.306 e. The summed E-state index contributed by atoms with van der Waals surface area (Å²) in [5.41, 5.74) is 3.53. The first kappa shape index (κ1) is 31.3. The van der Waals surface area contributed by atoms with Crippen LogP contribution in [0.5, 0.6) is 5.75 Å². The van der Waals surface area contributed by atoms with Gasteiger partial charge in [0.1, 0.15) is 18.2 Å². The third-order valence-electron chi connectivity index (χ3n) is 7.28. The number of aliphatic carboxylic acids is 1. The van der Waals surface area contributed by atoms with Crippen LogP contribution in [0.3, 0.4) is 0 Å². The van der Waals surface area contributed by atoms with Crippen molar-refractivity contribution >= 4 is 40.0 Å². The predicted molar refractivity (Wildman–Crippen MR) is 163 cm³/mol. The molecule has 7 nitrogen and oxygen atoms in total. The number of ether oxygens (including phenoxy) is 2. The highest BCUT2D eigenvalue weighted by Crippen LogP contribution is 2.44. The van der Waals surface area contributed by atoms with Crippen molar-refractivity contribution in [3.63, 3.8) is 0 Å². The van der Waals surface area contributed by atoms with E-state index < -0.39 is 17.8 Å². The lowest BCUT2D eigenvalue weighted by Crippen LogP contribution is -2.29. The van der Waals surface area contributed by atoms with Crippen LogP contribution < -0.4 is 9.64 Å². The van der Waals surface area contributed by atoms with E-state index in [1.54, 1.807) is 19.2 Å². The standard InChI is InChI=1S/C32H34ClFN2O5S/c1-5-13-36(32-35-31(20(3)42-32)24-14-19(2)28(40-4)17-25(24)33)27(15-21-9-10-21)22-11-12-23(26(34)16-22)18-41-30(39)8-6-7-29(37)38/h1,11-12,14,16-17,21,27H,6-10,13,15,18H2,2-4H3,(H,37,38)/t27-/m0/s1. The van der Waals surface area contributed by atoms with Gasteiger partial charge in [-0.15, -0.1) is 17.8 Å². The summed E-state index contributed by atoms with van der Waals surface area (Å²) in [7, 11) is 1.61. The number of thiazole rings is 1. The monoisotopic (exact) mass is 612 g/mol. The van der Waals surface area contributed by atoms with E-state index >= 15 is 4.39 Å². The van der Waals surface area contributed by atoms with Crippen molar-refractivity contribution in [2.24, 2.45) is 5.92 Å². The Labute approximate surface area is 254 Å². The molecule has 1 N–H and O–H groups in total. The summed E-state index contributed by atoms with van der Waals surface area (Å²) in [5.74, 6) is 1.96. The number of aromatic nitrogens is 1. The SMILES string of the molecule is C#CCN(c1nc(-c2cc(C)c(OC)cc2Cl)c(C)s1)[C@@H](CC1CC1)c1ccc(COC(=O)CCCC(=O)O)c(F)c1. The van der Waals surface area contributed by atoms with Crippen LogP contribution in [0.15, 0.2) is 30.3 Å². The average Bonchev–Trinajstić information content (AvgIpc) is 3.69. The van der Waals surface area contributed by atoms with Gasteiger partial charge in [-0.3, -0.25) is 9.59 Å². The Morgan fingerprint density at radius 1 is 1.26 bits per heavy atom. The molecular formula is C32H34ClFN2O5S. The molecule has 0 aliphatic heterocycles. The number of nitrogens with zero attached hydrogens (tertiary/aromatic N) is 2. The van der Waals surface area contributed by atoms with Crippen LogP contribution in [0.25, 0.3) is 11.3 Å². The van der Waals surface area contributed by atoms with Gasteiger partial charge in [0.15, 0.2) is 5.13 Å². The molecular weight excluding hydrogens is 579 g/mol. The number of aryl methyl sites for hydroxylation is 2. The first-order valence-electron chi connectivity index (χ1n) is 13.8. The number of methoxy groups -OCH3 is 1. The summed E-state index contributed by atoms with van der Waals surface area (Å²) in [5, 5.41) is 9.99. The first-order chi connectivity index (χ1) is 20.1. The molecule has 1 aromatic heterocycles. The Balaban J connectivity index is 1.59. The normalized spacial score (nSPS) is 13.3. The Hall–Kier alpha value is -3.61. The molecule has 0 bridgehead atoms. The molecule has 1 saturated carbocycles. The molecule has 1 heterocycles. The third kappa shape index (κ3) is 7.81. The lowest BCUT2D eigenvalue weighted by Gasteiger charge is -2.31. The molecule has 42 heavy (non-hydrogen) atoms. The van der Waals surface area contributed by atoms with E-state index in [-0.39, 0.29) is 44.0 Å². The number of carboxylic acids is 1. The van der Waals surface area contributed by atoms with Crippen LogP contribution in [0, 0.1) is 37.9 Å². The second-order valence-corrected chi connectivity index (χ2v) is 12.1. The molecule has 2 aromatic carbocycles. The molecule has 0 spiro atoms. The van der Waals surface area contributed by atoms with Gasteiger partial charge in [0.05, 0.1) is 30.4 Å². The number of anilines is 1. The molecule has 10 heteroatoms. The van der Waals surface area contributed by atoms with Gasteiger partial charge in [-0.2, -0.15) is 0 Å². The molecule has 3 aromatic rings. The molecule has 0 radical (unpaired) electrons. The second-order valence-electron chi connectivity index (χ2n) is 10.5. The van der Waals surface area contributed by atoms with Crippen molar-refractivity contribution in [1.82, 2.24) is 4.98 Å². The van der Waals surface area contributed by atoms with Gasteiger partial charge in [-0.1, -0.05) is 42.5 Å². The minimum absolute atomic E-state index is 0.0347. The molecule has 1 fully saturated rings. The fourth-order valence-electron chi connectivity index (χ4n) is 4.84. The summed E-state index contributed by atoms with van der Waals surface area (Å²) in [4.78, 5) is 30.6. The van der Waals surface area contributed by atoms with Crippen molar-refractivity contribution in [2.45, 2.75) is 65.0 Å². The maximum Gasteiger partial charge on any atom is 0.306 e. The second kappa shape index (κ2) is 14.0. The predicted octanol–water partition coefficient (Wildman–Crippen LogP) is 7.51. The minimum atomic E-state index is -0.979. The van der Waals surface area contributed by atoms with Gasteiger partial charge < -0.3 is 19.5 Å². The van der Waals surface area contributed by atoms with Crippen LogP contribution in [0.2, 0.25) is 5.02 Å². The van der Waals surface area contributed by atoms with E-state index in [1.165, 1.54) is 17.4 Å². The van der Waals surface area contributed by atoms with Crippen molar-refractivity contribution in [3.05, 3.63) is 62.7 Å². The Morgan fingerprint density at radius 3 is 2.67 bits per heavy atom. The van der Waals surface area contributed by atoms with E-state index in [2.05, 4.69) is 10.8 Å². The number of benzene rings is 2. The molecule has 0 amide bonds. The fourth-order valence-corrected chi connectivity index (χ4v) is 6.06. The number of carbonyl (C=O) groups excluding carboxylic acids is 1. The number of hydrogen-bond acceptors (Lipinski definition) is 7. The van der Waals surface area contributed by atoms with Crippen molar-refractivity contribution in [3.8, 4) is 29.4 Å². The molecule has 222 valence electrons. The van der Waals surface area contributed by atoms with Crippen molar-refractivity contribution in [1.29, 1.82) is 0 Å². The molecule has 4 rings (SSSR count). The fraction of sp³-hybridized carbons (Fsp3) is 0.406. The average molecular weight is 613 g/mol. The van der Waals surface area contributed by atoms with Crippen LogP contribution in [-0.2, 0) is 20.9 Å². The summed E-state index contributed by atoms with van der Waals surface area (Å²) in [6.45, 7) is 4.01. The van der Waals surface area contributed by atoms with Gasteiger partial charge >= 0.3 is 11.9 Å². The van der Waals surface area contributed by atoms with Crippen LogP contribution in [0.4, 0.5) is 9.52 Å². The van der Waals surface area contributed by atoms with E-state index in [9.17, 15) is 9.59 Å². The van der Waals surface area contributed by atoms with Crippen LogP contribution in [0.1, 0.15) is 66.1 Å². The largest absolute Gasteiger partial charge is 0.496 e. The lowest BCUT2D eigenvalue weighted by molar-refractivity contribution is -0.145. The number of carbonyl (C=O) groups is 2. The third-order valence-corrected chi connectivity index (χ3v) is 8.60. The maximum absolute atomic E-state index is 15.3. The Morgan fingerprint density at radius 2 is 2.02 bits per heavy atom. The number of terminal acetylenes is 1. The quantitative estimate of drug-likeness (QED) is 0.149. The topological polar surface area (TPSA) is 89.0 Å². The zero-order valence-electron chi connectivity index (χ0n) is 23.9. The molecule has 1 aliphatic rings. The van der Waals surface area contributed by atoms with Crippen LogP contribution in [-0.4, -0.2) is 35.7 Å². The van der Waals surface area contributed by atoms with Crippen LogP contribution >= 0.6 is 22.9 Å². The van der Waals surface area contributed by atoms with E-state index in [0.717, 1.165) is 51.7 Å². The van der Waals surface area contributed by atoms with Crippen molar-refractivity contribution in [2.75, 3.05) is 18.6 Å². The zero-order chi connectivity index (χ0) is 30.4. The number of halogens is 2. The van der Waals surface area contributed by atoms with E-state index in [0.29, 0.717) is 16.7 Å². The first-order valence-corrected chi connectivity index (χ1v) is 15.0. The summed E-state index contributed by atoms with van der Waals surface area (Å²) in [6.07, 6.45) is 8.87. The summed E-state index contributed by atoms with van der Waals surface area (Å²) < 4.78 is 25.9. The minimum Gasteiger partial charge on any atom is -0.496 e. The summed E-state index contributed by atoms with van der Waals surface area (Å²) in [6, 6.07) is 8.50. The van der Waals surface area contributed by atoms with Gasteiger partial charge in [-0.25, -0.2) is 9.37 Å². The number of hydrogen-bond donors (Lipinski definition) is 1. The number of carboxylic acid groups (broad SMARTS) is 1. The Bertz CT molecular complexity index is 1500. The molecule has 1 aliphatic carbocycles. The number of rotatable bonds is 14. The number of esters is 1. The van der Waals surface area contributed by atoms with Gasteiger partial charge in [0.25, 0.3) is 0 Å². The van der Waals surface area contributed by atoms with E-state index in [1.807, 2.05) is 26.0 Å². The highest BCUT2D eigenvalue weighted by Gasteiger charge is 2.32. The molecule has 0 unspecified atom stereocenters. The van der Waals surface area contributed by atoms with Gasteiger partial charge in [-0.05, 0) is 61.9 Å². The lowest BCUT2D eigenvalue weighted by atomic mass is 9.98. The highest BCUT2D eigenvalue weighted by atomic mass is 35.5. The maximum atomic E-state index is 15.3. The molecule has 1 atom stereocenters. The van der Waals surface area contributed by atoms with Gasteiger partial charge in [0.2, 0.25) is 0 Å². The van der Waals surface area contributed by atoms with Gasteiger partial charge in [0, 0.05) is 28.8 Å².